The number of benzene rings is 5. The lowest BCUT2D eigenvalue weighted by Gasteiger charge is -2.10. The molecule has 6 aromatic rings. The number of phenols is 2. The summed E-state index contributed by atoms with van der Waals surface area (Å²) in [5, 5.41) is 22.0. The first-order chi connectivity index (χ1) is 17.3. The molecule has 1 aromatic heterocycles. The summed E-state index contributed by atoms with van der Waals surface area (Å²) in [7, 11) is 0. The Morgan fingerprint density at radius 2 is 1.17 bits per heavy atom. The Balaban J connectivity index is 1.83. The third kappa shape index (κ3) is 2.62. The highest BCUT2D eigenvalue weighted by Crippen LogP contribution is 2.40. The Labute approximate surface area is 202 Å². The van der Waals surface area contributed by atoms with Gasteiger partial charge in [0, 0.05) is 21.5 Å². The quantitative estimate of drug-likeness (QED) is 0.291. The average Bonchev–Trinajstić information content (AvgIpc) is 3.12. The van der Waals surface area contributed by atoms with Crippen molar-refractivity contribution in [3.05, 3.63) is 107 Å². The van der Waals surface area contributed by atoms with E-state index in [0.717, 1.165) is 15.7 Å². The fraction of sp³-hybridized carbons (Fsp3) is 0.103. The van der Waals surface area contributed by atoms with Crippen molar-refractivity contribution < 1.29 is 10.2 Å². The maximum atomic E-state index is 13.5. The first-order valence-electron chi connectivity index (χ1n) is 11.5. The van der Waals surface area contributed by atoms with Gasteiger partial charge in [-0.1, -0.05) is 49.4 Å². The number of para-hydroxylation sites is 1. The highest BCUT2D eigenvalue weighted by molar-refractivity contribution is 6.16. The van der Waals surface area contributed by atoms with Crippen molar-refractivity contribution in [1.82, 2.24) is 4.57 Å². The SMILES string of the molecule is CCc1cccc(C)c1-n1c(=O)c2cc3c(O)c4c(=O)c5ccccc5c(=O)c4c(O)c3cc2c1=O. The van der Waals surface area contributed by atoms with Crippen LogP contribution in [0.5, 0.6) is 11.5 Å². The molecule has 0 aliphatic heterocycles. The van der Waals surface area contributed by atoms with E-state index in [0.29, 0.717) is 12.1 Å². The average molecular weight is 477 g/mol. The monoisotopic (exact) mass is 477 g/mol. The number of aryl methyl sites for hydroxylation is 2. The Morgan fingerprint density at radius 3 is 1.64 bits per heavy atom. The van der Waals surface area contributed by atoms with Crippen LogP contribution in [0.25, 0.3) is 48.8 Å². The van der Waals surface area contributed by atoms with Crippen molar-refractivity contribution in [1.29, 1.82) is 0 Å². The molecule has 0 fully saturated rings. The van der Waals surface area contributed by atoms with Gasteiger partial charge in [-0.2, -0.15) is 0 Å². The first-order valence-corrected chi connectivity index (χ1v) is 11.5. The molecule has 2 N–H and O–H groups in total. The minimum atomic E-state index is -0.605. The summed E-state index contributed by atoms with van der Waals surface area (Å²) in [4.78, 5) is 53.4. The number of aromatic nitrogens is 1. The highest BCUT2D eigenvalue weighted by Gasteiger charge is 2.24. The molecule has 0 spiro atoms. The van der Waals surface area contributed by atoms with Crippen molar-refractivity contribution >= 4 is 43.1 Å². The van der Waals surface area contributed by atoms with E-state index in [1.54, 1.807) is 12.1 Å². The second-order valence-electron chi connectivity index (χ2n) is 8.98. The number of aromatic hydroxyl groups is 2. The molecule has 0 bridgehead atoms. The van der Waals surface area contributed by atoms with Gasteiger partial charge in [0.05, 0.1) is 27.2 Å². The van der Waals surface area contributed by atoms with Crippen LogP contribution in [0.3, 0.4) is 0 Å². The molecule has 6 rings (SSSR count). The summed E-state index contributed by atoms with van der Waals surface area (Å²) in [5.74, 6) is -1.03. The fourth-order valence-corrected chi connectivity index (χ4v) is 5.30. The molecule has 7 nitrogen and oxygen atoms in total. The Kier molecular flexibility index (Phi) is 4.44. The molecular weight excluding hydrogens is 458 g/mol. The summed E-state index contributed by atoms with van der Waals surface area (Å²) in [6.45, 7) is 3.74. The van der Waals surface area contributed by atoms with E-state index < -0.39 is 33.5 Å². The summed E-state index contributed by atoms with van der Waals surface area (Å²) in [5.41, 5.74) is -0.258. The standard InChI is InChI=1S/C29H19NO6/c1-3-14-8-6-7-13(2)23(14)30-28(35)19-11-17-18(12-20(19)29(30)36)27(34)22-21(26(17)33)24(31)15-9-4-5-10-16(15)25(22)32/h4-12,33-34H,3H2,1-2H3. The van der Waals surface area contributed by atoms with Gasteiger partial charge in [0.15, 0.2) is 10.9 Å². The summed E-state index contributed by atoms with van der Waals surface area (Å²) in [6.07, 6.45) is 0.603. The van der Waals surface area contributed by atoms with E-state index in [-0.39, 0.29) is 43.1 Å². The molecule has 0 atom stereocenters. The number of rotatable bonds is 2. The first kappa shape index (κ1) is 21.7. The van der Waals surface area contributed by atoms with Gasteiger partial charge in [-0.3, -0.25) is 19.2 Å². The maximum absolute atomic E-state index is 13.5. The molecule has 7 heteroatoms. The topological polar surface area (TPSA) is 114 Å². The molecular formula is C29H19NO6. The van der Waals surface area contributed by atoms with E-state index in [4.69, 9.17) is 0 Å². The largest absolute Gasteiger partial charge is 0.506 e. The van der Waals surface area contributed by atoms with E-state index in [2.05, 4.69) is 0 Å². The minimum absolute atomic E-state index is 0.00836. The predicted molar refractivity (Wildman–Crippen MR) is 141 cm³/mol. The molecule has 0 saturated carbocycles. The summed E-state index contributed by atoms with van der Waals surface area (Å²) >= 11 is 0. The van der Waals surface area contributed by atoms with Crippen LogP contribution >= 0.6 is 0 Å². The van der Waals surface area contributed by atoms with E-state index in [1.165, 1.54) is 24.3 Å². The van der Waals surface area contributed by atoms with Crippen LogP contribution in [0.4, 0.5) is 0 Å². The fourth-order valence-electron chi connectivity index (χ4n) is 5.30. The smallest absolute Gasteiger partial charge is 0.266 e. The zero-order valence-electron chi connectivity index (χ0n) is 19.4. The highest BCUT2D eigenvalue weighted by atomic mass is 16.3. The Hall–Kier alpha value is -4.78. The van der Waals surface area contributed by atoms with Crippen molar-refractivity contribution in [2.75, 3.05) is 0 Å². The number of phenolic OH excluding ortho intramolecular Hbond substituents is 2. The predicted octanol–water partition coefficient (Wildman–Crippen LogP) is 3.69. The molecule has 0 radical (unpaired) electrons. The molecule has 0 saturated heterocycles. The zero-order chi connectivity index (χ0) is 25.5. The van der Waals surface area contributed by atoms with Gasteiger partial charge in [-0.15, -0.1) is 0 Å². The summed E-state index contributed by atoms with van der Waals surface area (Å²) in [6, 6.07) is 14.3. The van der Waals surface area contributed by atoms with Gasteiger partial charge in [-0.05, 0) is 36.6 Å². The molecule has 0 aliphatic carbocycles. The van der Waals surface area contributed by atoms with Gasteiger partial charge < -0.3 is 10.2 Å². The molecule has 0 amide bonds. The van der Waals surface area contributed by atoms with Crippen LogP contribution in [0.15, 0.2) is 73.8 Å². The van der Waals surface area contributed by atoms with Crippen molar-refractivity contribution in [3.63, 3.8) is 0 Å². The van der Waals surface area contributed by atoms with Gasteiger partial charge in [-0.25, -0.2) is 4.57 Å². The van der Waals surface area contributed by atoms with E-state index >= 15 is 0 Å². The van der Waals surface area contributed by atoms with Crippen molar-refractivity contribution in [2.24, 2.45) is 0 Å². The van der Waals surface area contributed by atoms with Crippen LogP contribution in [0, 0.1) is 6.92 Å². The molecule has 1 heterocycles. The van der Waals surface area contributed by atoms with Gasteiger partial charge in [0.2, 0.25) is 0 Å². The van der Waals surface area contributed by atoms with Crippen LogP contribution in [-0.2, 0) is 6.42 Å². The van der Waals surface area contributed by atoms with Crippen LogP contribution in [0.1, 0.15) is 18.1 Å². The second-order valence-corrected chi connectivity index (χ2v) is 8.98. The molecule has 0 aliphatic rings. The second kappa shape index (κ2) is 7.36. The minimum Gasteiger partial charge on any atom is -0.506 e. The zero-order valence-corrected chi connectivity index (χ0v) is 19.4. The normalized spacial score (nSPS) is 11.8. The molecule has 176 valence electrons. The lowest BCUT2D eigenvalue weighted by Crippen LogP contribution is -2.25. The molecule has 5 aromatic carbocycles. The van der Waals surface area contributed by atoms with Crippen LogP contribution in [0.2, 0.25) is 0 Å². The maximum Gasteiger partial charge on any atom is 0.266 e. The van der Waals surface area contributed by atoms with Crippen molar-refractivity contribution in [3.8, 4) is 17.2 Å². The van der Waals surface area contributed by atoms with E-state index in [9.17, 15) is 29.4 Å². The van der Waals surface area contributed by atoms with E-state index in [1.807, 2.05) is 32.0 Å². The third-order valence-electron chi connectivity index (χ3n) is 7.05. The molecule has 36 heavy (non-hydrogen) atoms. The number of hydrogen-bond acceptors (Lipinski definition) is 6. The Morgan fingerprint density at radius 1 is 0.667 bits per heavy atom. The van der Waals surface area contributed by atoms with Crippen LogP contribution in [-0.4, -0.2) is 14.8 Å². The van der Waals surface area contributed by atoms with Crippen LogP contribution < -0.4 is 22.0 Å². The lowest BCUT2D eigenvalue weighted by molar-refractivity contribution is 0.478. The summed E-state index contributed by atoms with van der Waals surface area (Å²) < 4.78 is 1.11. The van der Waals surface area contributed by atoms with Gasteiger partial charge >= 0.3 is 0 Å². The number of hydrogen-bond donors (Lipinski definition) is 2. The van der Waals surface area contributed by atoms with Gasteiger partial charge in [0.25, 0.3) is 11.1 Å². The lowest BCUT2D eigenvalue weighted by atomic mass is 9.95. The number of fused-ring (bicyclic) bond motifs is 4. The van der Waals surface area contributed by atoms with Gasteiger partial charge in [0.1, 0.15) is 11.5 Å². The van der Waals surface area contributed by atoms with Crippen molar-refractivity contribution in [2.45, 2.75) is 20.3 Å². The Bertz CT molecular complexity index is 2020. The third-order valence-corrected chi connectivity index (χ3v) is 7.05. The molecule has 0 unspecified atom stereocenters. The number of nitrogens with zero attached hydrogens (tertiary/aromatic N) is 1.